The molecule has 0 bridgehead atoms. The normalized spacial score (nSPS) is 18.2. The molecule has 1 aromatic carbocycles. The molecule has 1 atom stereocenters. The average Bonchev–Trinajstić information content (AvgIpc) is 2.16. The van der Waals surface area contributed by atoms with Crippen molar-refractivity contribution in [3.05, 3.63) is 29.3 Å². The van der Waals surface area contributed by atoms with Gasteiger partial charge in [-0.2, -0.15) is 0 Å². The van der Waals surface area contributed by atoms with Crippen LogP contribution < -0.4 is 11.1 Å². The van der Waals surface area contributed by atoms with Gasteiger partial charge in [-0.15, -0.1) is 12.4 Å². The lowest BCUT2D eigenvalue weighted by Crippen LogP contribution is -2.28. The molecule has 0 fully saturated rings. The predicted octanol–water partition coefficient (Wildman–Crippen LogP) is 1.88. The summed E-state index contributed by atoms with van der Waals surface area (Å²) in [5, 5.41) is 2.87. The molecular formula is C12H17ClN2O. The fraction of sp³-hybridized carbons (Fsp3) is 0.417. The summed E-state index contributed by atoms with van der Waals surface area (Å²) in [4.78, 5) is 11.0. The zero-order valence-electron chi connectivity index (χ0n) is 9.32. The molecule has 0 spiro atoms. The minimum Gasteiger partial charge on any atom is -0.327 e. The number of fused-ring (bicyclic) bond motifs is 1. The Kier molecular flexibility index (Phi) is 4.33. The summed E-state index contributed by atoms with van der Waals surface area (Å²) in [6.07, 6.45) is 2.89. The maximum atomic E-state index is 11.0. The van der Waals surface area contributed by atoms with E-state index in [-0.39, 0.29) is 24.4 Å². The summed E-state index contributed by atoms with van der Waals surface area (Å²) in [6.45, 7) is 1.54. The smallest absolute Gasteiger partial charge is 0.221 e. The van der Waals surface area contributed by atoms with Crippen LogP contribution in [-0.2, 0) is 17.6 Å². The summed E-state index contributed by atoms with van der Waals surface area (Å²) in [6, 6.07) is 6.30. The Morgan fingerprint density at radius 3 is 2.94 bits per heavy atom. The molecule has 88 valence electrons. The summed E-state index contributed by atoms with van der Waals surface area (Å²) in [5.41, 5.74) is 9.40. The lowest BCUT2D eigenvalue weighted by Gasteiger charge is -2.23. The van der Waals surface area contributed by atoms with E-state index in [1.54, 1.807) is 0 Å². The highest BCUT2D eigenvalue weighted by atomic mass is 35.5. The average molecular weight is 241 g/mol. The fourth-order valence-electron chi connectivity index (χ4n) is 2.14. The van der Waals surface area contributed by atoms with Crippen molar-refractivity contribution in [2.75, 3.05) is 5.32 Å². The molecule has 4 heteroatoms. The first-order chi connectivity index (χ1) is 7.16. The Balaban J connectivity index is 0.00000128. The van der Waals surface area contributed by atoms with E-state index in [0.717, 1.165) is 24.9 Å². The molecular weight excluding hydrogens is 224 g/mol. The van der Waals surface area contributed by atoms with Gasteiger partial charge in [-0.25, -0.2) is 0 Å². The second kappa shape index (κ2) is 5.32. The topological polar surface area (TPSA) is 55.1 Å². The molecule has 0 aromatic heterocycles. The van der Waals surface area contributed by atoms with Crippen molar-refractivity contribution in [1.82, 2.24) is 0 Å². The number of benzene rings is 1. The molecule has 0 aliphatic heterocycles. The van der Waals surface area contributed by atoms with Crippen LogP contribution in [0.2, 0.25) is 0 Å². The van der Waals surface area contributed by atoms with Crippen LogP contribution in [0.15, 0.2) is 18.2 Å². The number of hydrogen-bond donors (Lipinski definition) is 2. The maximum Gasteiger partial charge on any atom is 0.221 e. The zero-order valence-corrected chi connectivity index (χ0v) is 10.1. The number of rotatable bonds is 1. The summed E-state index contributed by atoms with van der Waals surface area (Å²) < 4.78 is 0. The quantitative estimate of drug-likeness (QED) is 0.788. The van der Waals surface area contributed by atoms with Gasteiger partial charge in [-0.1, -0.05) is 12.1 Å². The third-order valence-electron chi connectivity index (χ3n) is 2.83. The monoisotopic (exact) mass is 240 g/mol. The molecule has 16 heavy (non-hydrogen) atoms. The SMILES string of the molecule is CC(=O)Nc1cccc2c1CC[C@H](N)C2.Cl. The highest BCUT2D eigenvalue weighted by Crippen LogP contribution is 2.27. The number of anilines is 1. The van der Waals surface area contributed by atoms with E-state index in [0.29, 0.717) is 0 Å². The molecule has 0 saturated heterocycles. The molecule has 0 saturated carbocycles. The van der Waals surface area contributed by atoms with Gasteiger partial charge in [0.1, 0.15) is 0 Å². The lowest BCUT2D eigenvalue weighted by molar-refractivity contribution is -0.114. The van der Waals surface area contributed by atoms with E-state index in [1.165, 1.54) is 18.1 Å². The molecule has 0 unspecified atom stereocenters. The number of nitrogens with two attached hydrogens (primary N) is 1. The first-order valence-electron chi connectivity index (χ1n) is 5.31. The maximum absolute atomic E-state index is 11.0. The van der Waals surface area contributed by atoms with Gasteiger partial charge in [0.05, 0.1) is 0 Å². The van der Waals surface area contributed by atoms with Crippen LogP contribution in [0.25, 0.3) is 0 Å². The molecule has 0 heterocycles. The van der Waals surface area contributed by atoms with E-state index in [2.05, 4.69) is 11.4 Å². The van der Waals surface area contributed by atoms with Crippen LogP contribution in [0.5, 0.6) is 0 Å². The number of halogens is 1. The summed E-state index contributed by atoms with van der Waals surface area (Å²) in [7, 11) is 0. The van der Waals surface area contributed by atoms with Gasteiger partial charge in [0, 0.05) is 18.7 Å². The Labute approximate surface area is 102 Å². The van der Waals surface area contributed by atoms with Crippen LogP contribution in [0, 0.1) is 0 Å². The Bertz CT molecular complexity index is 393. The van der Waals surface area contributed by atoms with Crippen LogP contribution in [-0.4, -0.2) is 11.9 Å². The van der Waals surface area contributed by atoms with Gasteiger partial charge in [-0.05, 0) is 36.5 Å². The highest BCUT2D eigenvalue weighted by Gasteiger charge is 2.17. The van der Waals surface area contributed by atoms with Crippen LogP contribution >= 0.6 is 12.4 Å². The van der Waals surface area contributed by atoms with Crippen molar-refractivity contribution >= 4 is 24.0 Å². The van der Waals surface area contributed by atoms with E-state index < -0.39 is 0 Å². The van der Waals surface area contributed by atoms with Gasteiger partial charge in [-0.3, -0.25) is 4.79 Å². The van der Waals surface area contributed by atoms with Crippen molar-refractivity contribution < 1.29 is 4.79 Å². The molecule has 3 nitrogen and oxygen atoms in total. The molecule has 1 aromatic rings. The van der Waals surface area contributed by atoms with Crippen LogP contribution in [0.1, 0.15) is 24.5 Å². The number of nitrogens with one attached hydrogen (secondary N) is 1. The Morgan fingerprint density at radius 2 is 2.25 bits per heavy atom. The molecule has 1 aliphatic carbocycles. The predicted molar refractivity (Wildman–Crippen MR) is 68.0 cm³/mol. The zero-order chi connectivity index (χ0) is 10.8. The Morgan fingerprint density at radius 1 is 1.50 bits per heavy atom. The molecule has 2 rings (SSSR count). The third kappa shape index (κ3) is 2.74. The fourth-order valence-corrected chi connectivity index (χ4v) is 2.14. The molecule has 1 aliphatic rings. The number of carbonyl (C=O) groups is 1. The van der Waals surface area contributed by atoms with Crippen LogP contribution in [0.4, 0.5) is 5.69 Å². The standard InChI is InChI=1S/C12H16N2O.ClH/c1-8(15)14-12-4-2-3-9-7-10(13)5-6-11(9)12;/h2-4,10H,5-7,13H2,1H3,(H,14,15);1H/t10-;/m0./s1. The lowest BCUT2D eigenvalue weighted by atomic mass is 9.87. The van der Waals surface area contributed by atoms with Crippen molar-refractivity contribution in [3.8, 4) is 0 Å². The number of hydrogen-bond acceptors (Lipinski definition) is 2. The first-order valence-corrected chi connectivity index (χ1v) is 5.31. The van der Waals surface area contributed by atoms with Gasteiger partial charge < -0.3 is 11.1 Å². The number of amides is 1. The second-order valence-electron chi connectivity index (χ2n) is 4.13. The van der Waals surface area contributed by atoms with Gasteiger partial charge in [0.15, 0.2) is 0 Å². The largest absolute Gasteiger partial charge is 0.327 e. The van der Waals surface area contributed by atoms with Crippen LogP contribution in [0.3, 0.4) is 0 Å². The Hall–Kier alpha value is -1.06. The van der Waals surface area contributed by atoms with Gasteiger partial charge >= 0.3 is 0 Å². The van der Waals surface area contributed by atoms with Crippen molar-refractivity contribution in [2.45, 2.75) is 32.2 Å². The molecule has 0 radical (unpaired) electrons. The summed E-state index contributed by atoms with van der Waals surface area (Å²) >= 11 is 0. The number of carbonyl (C=O) groups excluding carboxylic acids is 1. The van der Waals surface area contributed by atoms with Crippen molar-refractivity contribution in [2.24, 2.45) is 5.73 Å². The van der Waals surface area contributed by atoms with Gasteiger partial charge in [0.2, 0.25) is 5.91 Å². The van der Waals surface area contributed by atoms with E-state index in [9.17, 15) is 4.79 Å². The van der Waals surface area contributed by atoms with Gasteiger partial charge in [0.25, 0.3) is 0 Å². The summed E-state index contributed by atoms with van der Waals surface area (Å²) in [5.74, 6) is -0.0155. The molecule has 1 amide bonds. The van der Waals surface area contributed by atoms with Crippen molar-refractivity contribution in [3.63, 3.8) is 0 Å². The highest BCUT2D eigenvalue weighted by molar-refractivity contribution is 5.89. The second-order valence-corrected chi connectivity index (χ2v) is 4.13. The van der Waals surface area contributed by atoms with E-state index in [4.69, 9.17) is 5.73 Å². The minimum atomic E-state index is -0.0155. The first kappa shape index (κ1) is 13.0. The third-order valence-corrected chi connectivity index (χ3v) is 2.83. The molecule has 3 N–H and O–H groups in total. The van der Waals surface area contributed by atoms with Crippen molar-refractivity contribution in [1.29, 1.82) is 0 Å². The van der Waals surface area contributed by atoms with E-state index >= 15 is 0 Å². The minimum absolute atomic E-state index is 0. The van der Waals surface area contributed by atoms with E-state index in [1.807, 2.05) is 12.1 Å².